The first-order valence-electron chi connectivity index (χ1n) is 11.5. The van der Waals surface area contributed by atoms with Gasteiger partial charge in [0.05, 0.1) is 5.56 Å². The zero-order valence-electron chi connectivity index (χ0n) is 18.8. The summed E-state index contributed by atoms with van der Waals surface area (Å²) in [5.74, 6) is 0.0267. The predicted octanol–water partition coefficient (Wildman–Crippen LogP) is 3.51. The van der Waals surface area contributed by atoms with Crippen molar-refractivity contribution in [3.8, 4) is 0 Å². The molecule has 2 aliphatic heterocycles. The molecule has 4 rings (SSSR count). The van der Waals surface area contributed by atoms with Gasteiger partial charge in [-0.25, -0.2) is 13.4 Å². The summed E-state index contributed by atoms with van der Waals surface area (Å²) in [6, 6.07) is 6.94. The van der Waals surface area contributed by atoms with Crippen LogP contribution in [0.2, 0.25) is 0 Å². The second-order valence-electron chi connectivity index (χ2n) is 8.69. The topological polar surface area (TPSA) is 99.7 Å². The largest absolute Gasteiger partial charge is 0.339 e. The van der Waals surface area contributed by atoms with Crippen LogP contribution in [0.5, 0.6) is 0 Å². The summed E-state index contributed by atoms with van der Waals surface area (Å²) in [5.41, 5.74) is 1.26. The number of sulfonamides is 1. The number of amides is 2. The minimum atomic E-state index is -3.69. The quantitative estimate of drug-likeness (QED) is 0.691. The lowest BCUT2D eigenvalue weighted by Gasteiger charge is -2.30. The maximum Gasteiger partial charge on any atom is 0.254 e. The number of piperidine rings is 1. The molecule has 0 spiro atoms. The molecule has 178 valence electrons. The number of carbonyl (C=O) groups excluding carboxylic acids is 2. The molecule has 2 fully saturated rings. The summed E-state index contributed by atoms with van der Waals surface area (Å²) in [6.45, 7) is 3.86. The van der Waals surface area contributed by atoms with Crippen molar-refractivity contribution in [3.05, 3.63) is 40.9 Å². The number of carbonyl (C=O) groups is 2. The number of hydrogen-bond acceptors (Lipinski definition) is 6. The van der Waals surface area contributed by atoms with Crippen LogP contribution < -0.4 is 5.32 Å². The van der Waals surface area contributed by atoms with Gasteiger partial charge < -0.3 is 10.2 Å². The van der Waals surface area contributed by atoms with Gasteiger partial charge in [-0.2, -0.15) is 4.31 Å². The lowest BCUT2D eigenvalue weighted by molar-refractivity contribution is -0.120. The number of aromatic nitrogens is 1. The van der Waals surface area contributed by atoms with Crippen LogP contribution in [0, 0.1) is 12.8 Å². The number of hydrogen-bond donors (Lipinski definition) is 1. The van der Waals surface area contributed by atoms with Crippen molar-refractivity contribution in [2.24, 2.45) is 5.92 Å². The van der Waals surface area contributed by atoms with E-state index in [-0.39, 0.29) is 35.0 Å². The van der Waals surface area contributed by atoms with Gasteiger partial charge in [0.2, 0.25) is 5.91 Å². The SMILES string of the molecule is Cc1cccc(NC(=O)C2CCN(S(=O)(=O)c3cc(C(=O)N4CCCCCC4)cs3)CC2)n1. The van der Waals surface area contributed by atoms with Crippen molar-refractivity contribution in [2.45, 2.75) is 49.7 Å². The highest BCUT2D eigenvalue weighted by Crippen LogP contribution is 2.29. The number of nitrogens with one attached hydrogen (secondary N) is 1. The van der Waals surface area contributed by atoms with E-state index in [2.05, 4.69) is 10.3 Å². The molecule has 0 unspecified atom stereocenters. The second kappa shape index (κ2) is 10.3. The first-order valence-corrected chi connectivity index (χ1v) is 13.8. The molecule has 0 atom stereocenters. The van der Waals surface area contributed by atoms with Gasteiger partial charge in [0.15, 0.2) is 0 Å². The molecular weight excluding hydrogens is 460 g/mol. The smallest absolute Gasteiger partial charge is 0.254 e. The zero-order valence-corrected chi connectivity index (χ0v) is 20.5. The molecule has 2 amide bonds. The van der Waals surface area contributed by atoms with Crippen LogP contribution in [0.25, 0.3) is 0 Å². The normalized spacial score (nSPS) is 18.6. The number of aryl methyl sites for hydroxylation is 1. The van der Waals surface area contributed by atoms with Crippen molar-refractivity contribution in [2.75, 3.05) is 31.5 Å². The van der Waals surface area contributed by atoms with E-state index in [4.69, 9.17) is 0 Å². The number of likely N-dealkylation sites (tertiary alicyclic amines) is 1. The van der Waals surface area contributed by atoms with Crippen molar-refractivity contribution < 1.29 is 18.0 Å². The Hall–Kier alpha value is -2.30. The van der Waals surface area contributed by atoms with E-state index in [1.807, 2.05) is 24.0 Å². The fraction of sp³-hybridized carbons (Fsp3) is 0.522. The Bertz CT molecular complexity index is 1100. The lowest BCUT2D eigenvalue weighted by Crippen LogP contribution is -2.41. The summed E-state index contributed by atoms with van der Waals surface area (Å²) in [6.07, 6.45) is 5.13. The first kappa shape index (κ1) is 23.8. The van der Waals surface area contributed by atoms with E-state index in [1.54, 1.807) is 11.4 Å². The second-order valence-corrected chi connectivity index (χ2v) is 11.8. The van der Waals surface area contributed by atoms with E-state index in [0.29, 0.717) is 24.2 Å². The minimum Gasteiger partial charge on any atom is -0.339 e. The Labute approximate surface area is 199 Å². The molecule has 2 aliphatic rings. The van der Waals surface area contributed by atoms with Crippen molar-refractivity contribution >= 4 is 39.0 Å². The summed E-state index contributed by atoms with van der Waals surface area (Å²) in [7, 11) is -3.69. The van der Waals surface area contributed by atoms with Gasteiger partial charge in [0, 0.05) is 43.2 Å². The zero-order chi connectivity index (χ0) is 23.4. The van der Waals surface area contributed by atoms with Gasteiger partial charge in [0.25, 0.3) is 15.9 Å². The fourth-order valence-corrected chi connectivity index (χ4v) is 7.12. The molecule has 2 aromatic rings. The van der Waals surface area contributed by atoms with E-state index in [9.17, 15) is 18.0 Å². The molecule has 2 saturated heterocycles. The number of rotatable bonds is 5. The van der Waals surface area contributed by atoms with Gasteiger partial charge in [-0.05, 0) is 50.8 Å². The van der Waals surface area contributed by atoms with E-state index >= 15 is 0 Å². The van der Waals surface area contributed by atoms with Crippen LogP contribution in [0.15, 0.2) is 33.9 Å². The lowest BCUT2D eigenvalue weighted by atomic mass is 9.97. The molecule has 33 heavy (non-hydrogen) atoms. The Morgan fingerprint density at radius 1 is 1.06 bits per heavy atom. The highest BCUT2D eigenvalue weighted by molar-refractivity contribution is 7.91. The Morgan fingerprint density at radius 3 is 2.42 bits per heavy atom. The maximum absolute atomic E-state index is 13.2. The molecule has 0 bridgehead atoms. The third-order valence-electron chi connectivity index (χ3n) is 6.27. The van der Waals surface area contributed by atoms with Crippen LogP contribution >= 0.6 is 11.3 Å². The van der Waals surface area contributed by atoms with Gasteiger partial charge in [0.1, 0.15) is 10.0 Å². The standard InChI is InChI=1S/C23H30N4O4S2/c1-17-7-6-8-20(24-17)25-22(28)18-9-13-27(14-10-18)33(30,31)21-15-19(16-32-21)23(29)26-11-4-2-3-5-12-26/h6-8,15-16,18H,2-5,9-14H2,1H3,(H,24,25,28). The van der Waals surface area contributed by atoms with E-state index < -0.39 is 10.0 Å². The molecule has 8 nitrogen and oxygen atoms in total. The molecule has 0 aliphatic carbocycles. The molecule has 2 aromatic heterocycles. The third-order valence-corrected chi connectivity index (χ3v) is 9.59. The molecule has 0 radical (unpaired) electrons. The van der Waals surface area contributed by atoms with Gasteiger partial charge in [-0.3, -0.25) is 9.59 Å². The van der Waals surface area contributed by atoms with Crippen LogP contribution in [0.1, 0.15) is 54.6 Å². The highest BCUT2D eigenvalue weighted by atomic mass is 32.2. The van der Waals surface area contributed by atoms with Crippen molar-refractivity contribution in [1.29, 1.82) is 0 Å². The Kier molecular flexibility index (Phi) is 7.45. The van der Waals surface area contributed by atoms with E-state index in [0.717, 1.165) is 55.8 Å². The number of anilines is 1. The summed E-state index contributed by atoms with van der Waals surface area (Å²) in [5, 5.41) is 4.48. The third kappa shape index (κ3) is 5.62. The van der Waals surface area contributed by atoms with Crippen molar-refractivity contribution in [1.82, 2.24) is 14.2 Å². The maximum atomic E-state index is 13.2. The van der Waals surface area contributed by atoms with Crippen LogP contribution in [-0.2, 0) is 14.8 Å². The van der Waals surface area contributed by atoms with Crippen LogP contribution in [-0.4, -0.2) is 60.6 Å². The molecule has 0 saturated carbocycles. The molecular formula is C23H30N4O4S2. The number of nitrogens with zero attached hydrogens (tertiary/aromatic N) is 3. The average Bonchev–Trinajstić information content (AvgIpc) is 3.16. The summed E-state index contributed by atoms with van der Waals surface area (Å²) >= 11 is 1.09. The fourth-order valence-electron chi connectivity index (χ4n) is 4.35. The molecule has 4 heterocycles. The van der Waals surface area contributed by atoms with Gasteiger partial charge in [-0.1, -0.05) is 18.9 Å². The monoisotopic (exact) mass is 490 g/mol. The Balaban J connectivity index is 1.36. The summed E-state index contributed by atoms with van der Waals surface area (Å²) < 4.78 is 27.9. The van der Waals surface area contributed by atoms with Crippen LogP contribution in [0.3, 0.4) is 0 Å². The highest BCUT2D eigenvalue weighted by Gasteiger charge is 2.33. The molecule has 10 heteroatoms. The molecule has 0 aromatic carbocycles. The van der Waals surface area contributed by atoms with E-state index in [1.165, 1.54) is 10.4 Å². The predicted molar refractivity (Wildman–Crippen MR) is 128 cm³/mol. The summed E-state index contributed by atoms with van der Waals surface area (Å²) in [4.78, 5) is 31.6. The number of thiophene rings is 1. The average molecular weight is 491 g/mol. The first-order chi connectivity index (χ1) is 15.8. The van der Waals surface area contributed by atoms with Crippen molar-refractivity contribution in [3.63, 3.8) is 0 Å². The minimum absolute atomic E-state index is 0.0882. The van der Waals surface area contributed by atoms with Crippen LogP contribution in [0.4, 0.5) is 5.82 Å². The Morgan fingerprint density at radius 2 is 1.76 bits per heavy atom. The number of pyridine rings is 1. The van der Waals surface area contributed by atoms with Gasteiger partial charge in [-0.15, -0.1) is 11.3 Å². The molecule has 1 N–H and O–H groups in total. The van der Waals surface area contributed by atoms with Gasteiger partial charge >= 0.3 is 0 Å².